The standard InChI is InChI=1S/C12H16FIN2/c13-9-4-5-10(11(14)7-9)12(16-15)6-8-2-1-3-8/h4-5,7-8,12,16H,1-3,6,15H2. The second-order valence-corrected chi connectivity index (χ2v) is 5.58. The van der Waals surface area contributed by atoms with Crippen LogP contribution in [0.3, 0.4) is 0 Å². The highest BCUT2D eigenvalue weighted by molar-refractivity contribution is 14.1. The highest BCUT2D eigenvalue weighted by Crippen LogP contribution is 2.35. The van der Waals surface area contributed by atoms with E-state index < -0.39 is 0 Å². The molecule has 1 aromatic rings. The third-order valence-electron chi connectivity index (χ3n) is 3.33. The summed E-state index contributed by atoms with van der Waals surface area (Å²) in [5.41, 5.74) is 3.96. The quantitative estimate of drug-likeness (QED) is 0.504. The maximum Gasteiger partial charge on any atom is 0.124 e. The van der Waals surface area contributed by atoms with Gasteiger partial charge in [-0.1, -0.05) is 25.3 Å². The smallest absolute Gasteiger partial charge is 0.124 e. The molecule has 1 fully saturated rings. The molecular weight excluding hydrogens is 318 g/mol. The van der Waals surface area contributed by atoms with Crippen LogP contribution in [0.5, 0.6) is 0 Å². The number of rotatable bonds is 4. The van der Waals surface area contributed by atoms with E-state index in [-0.39, 0.29) is 11.9 Å². The van der Waals surface area contributed by atoms with Gasteiger partial charge in [0.15, 0.2) is 0 Å². The van der Waals surface area contributed by atoms with Crippen LogP contribution in [0, 0.1) is 15.3 Å². The van der Waals surface area contributed by atoms with Gasteiger partial charge in [-0.05, 0) is 52.6 Å². The summed E-state index contributed by atoms with van der Waals surface area (Å²) in [6.45, 7) is 0. The van der Waals surface area contributed by atoms with E-state index in [4.69, 9.17) is 5.84 Å². The molecule has 2 nitrogen and oxygen atoms in total. The van der Waals surface area contributed by atoms with Crippen LogP contribution in [0.4, 0.5) is 4.39 Å². The summed E-state index contributed by atoms with van der Waals surface area (Å²) in [5.74, 6) is 6.18. The number of halogens is 2. The molecule has 0 spiro atoms. The van der Waals surface area contributed by atoms with Gasteiger partial charge in [0.05, 0.1) is 0 Å². The highest BCUT2D eigenvalue weighted by atomic mass is 127. The molecule has 0 heterocycles. The lowest BCUT2D eigenvalue weighted by Gasteiger charge is -2.30. The van der Waals surface area contributed by atoms with Gasteiger partial charge in [-0.15, -0.1) is 0 Å². The Morgan fingerprint density at radius 3 is 2.75 bits per heavy atom. The van der Waals surface area contributed by atoms with E-state index in [1.165, 1.54) is 25.3 Å². The molecule has 1 aliphatic carbocycles. The second-order valence-electron chi connectivity index (χ2n) is 4.42. The fourth-order valence-electron chi connectivity index (χ4n) is 2.13. The van der Waals surface area contributed by atoms with Gasteiger partial charge in [0.2, 0.25) is 0 Å². The van der Waals surface area contributed by atoms with Gasteiger partial charge in [-0.25, -0.2) is 4.39 Å². The monoisotopic (exact) mass is 334 g/mol. The molecule has 1 aliphatic rings. The number of hydrogen-bond acceptors (Lipinski definition) is 2. The Bertz CT molecular complexity index is 366. The van der Waals surface area contributed by atoms with Crippen LogP contribution in [0.15, 0.2) is 18.2 Å². The molecule has 0 bridgehead atoms. The van der Waals surface area contributed by atoms with E-state index in [2.05, 4.69) is 28.0 Å². The van der Waals surface area contributed by atoms with Crippen LogP contribution in [-0.2, 0) is 0 Å². The predicted molar refractivity (Wildman–Crippen MR) is 71.1 cm³/mol. The average molecular weight is 334 g/mol. The van der Waals surface area contributed by atoms with Crippen molar-refractivity contribution in [3.8, 4) is 0 Å². The molecule has 16 heavy (non-hydrogen) atoms. The first-order valence-electron chi connectivity index (χ1n) is 5.62. The van der Waals surface area contributed by atoms with Crippen molar-refractivity contribution in [1.82, 2.24) is 5.43 Å². The van der Waals surface area contributed by atoms with Gasteiger partial charge < -0.3 is 0 Å². The third-order valence-corrected chi connectivity index (χ3v) is 4.27. The maximum absolute atomic E-state index is 13.0. The van der Waals surface area contributed by atoms with Crippen LogP contribution in [0.25, 0.3) is 0 Å². The Morgan fingerprint density at radius 2 is 2.25 bits per heavy atom. The highest BCUT2D eigenvalue weighted by Gasteiger charge is 2.23. The molecule has 1 atom stereocenters. The third kappa shape index (κ3) is 2.73. The largest absolute Gasteiger partial charge is 0.271 e. The Balaban J connectivity index is 2.11. The fourth-order valence-corrected chi connectivity index (χ4v) is 2.98. The number of hydrazine groups is 1. The lowest BCUT2D eigenvalue weighted by Crippen LogP contribution is -2.31. The van der Waals surface area contributed by atoms with Crippen molar-refractivity contribution in [2.45, 2.75) is 31.7 Å². The van der Waals surface area contributed by atoms with Crippen LogP contribution < -0.4 is 11.3 Å². The molecule has 88 valence electrons. The van der Waals surface area contributed by atoms with E-state index in [0.717, 1.165) is 21.5 Å². The lowest BCUT2D eigenvalue weighted by molar-refractivity contribution is 0.261. The van der Waals surface area contributed by atoms with Crippen molar-refractivity contribution in [2.75, 3.05) is 0 Å². The molecule has 3 N–H and O–H groups in total. The van der Waals surface area contributed by atoms with E-state index in [0.29, 0.717) is 0 Å². The molecule has 1 saturated carbocycles. The first-order chi connectivity index (χ1) is 7.70. The van der Waals surface area contributed by atoms with Crippen molar-refractivity contribution in [2.24, 2.45) is 11.8 Å². The summed E-state index contributed by atoms with van der Waals surface area (Å²) in [6.07, 6.45) is 4.99. The van der Waals surface area contributed by atoms with E-state index in [1.54, 1.807) is 6.07 Å². The van der Waals surface area contributed by atoms with Crippen LogP contribution >= 0.6 is 22.6 Å². The first-order valence-corrected chi connectivity index (χ1v) is 6.69. The molecule has 0 radical (unpaired) electrons. The minimum Gasteiger partial charge on any atom is -0.271 e. The van der Waals surface area contributed by atoms with E-state index >= 15 is 0 Å². The SMILES string of the molecule is NNC(CC1CCC1)c1ccc(F)cc1I. The van der Waals surface area contributed by atoms with Crippen molar-refractivity contribution >= 4 is 22.6 Å². The minimum absolute atomic E-state index is 0.151. The molecule has 0 aliphatic heterocycles. The summed E-state index contributed by atoms with van der Waals surface area (Å²) < 4.78 is 13.9. The second kappa shape index (κ2) is 5.42. The molecular formula is C12H16FIN2. The van der Waals surface area contributed by atoms with E-state index in [9.17, 15) is 4.39 Å². The van der Waals surface area contributed by atoms with Gasteiger partial charge in [0.1, 0.15) is 5.82 Å². The predicted octanol–water partition coefficient (Wildman–Crippen LogP) is 3.12. The lowest BCUT2D eigenvalue weighted by atomic mass is 9.80. The van der Waals surface area contributed by atoms with Gasteiger partial charge >= 0.3 is 0 Å². The van der Waals surface area contributed by atoms with Crippen LogP contribution in [0.2, 0.25) is 0 Å². The van der Waals surface area contributed by atoms with Gasteiger partial charge in [-0.2, -0.15) is 0 Å². The summed E-state index contributed by atoms with van der Waals surface area (Å²) >= 11 is 2.17. The van der Waals surface area contributed by atoms with Crippen LogP contribution in [-0.4, -0.2) is 0 Å². The molecule has 1 aromatic carbocycles. The van der Waals surface area contributed by atoms with Crippen LogP contribution in [0.1, 0.15) is 37.3 Å². The first kappa shape index (κ1) is 12.3. The zero-order valence-corrected chi connectivity index (χ0v) is 11.2. The summed E-state index contributed by atoms with van der Waals surface area (Å²) in [6, 6.07) is 5.04. The Morgan fingerprint density at radius 1 is 1.50 bits per heavy atom. The van der Waals surface area contributed by atoms with E-state index in [1.807, 2.05) is 6.07 Å². The van der Waals surface area contributed by atoms with Crippen molar-refractivity contribution in [3.05, 3.63) is 33.1 Å². The Kier molecular flexibility index (Phi) is 4.16. The zero-order valence-electron chi connectivity index (χ0n) is 9.05. The van der Waals surface area contributed by atoms with Gasteiger partial charge in [0, 0.05) is 9.61 Å². The summed E-state index contributed by atoms with van der Waals surface area (Å²) in [7, 11) is 0. The maximum atomic E-state index is 13.0. The Hall–Kier alpha value is -0.200. The normalized spacial score (nSPS) is 18.2. The molecule has 0 amide bonds. The zero-order chi connectivity index (χ0) is 11.5. The minimum atomic E-state index is -0.187. The molecule has 0 saturated heterocycles. The molecule has 0 aromatic heterocycles. The molecule has 4 heteroatoms. The van der Waals surface area contributed by atoms with Crippen molar-refractivity contribution in [1.29, 1.82) is 0 Å². The molecule has 2 rings (SSSR count). The number of nitrogens with two attached hydrogens (primary N) is 1. The summed E-state index contributed by atoms with van der Waals surface area (Å²) in [4.78, 5) is 0. The van der Waals surface area contributed by atoms with Crippen molar-refractivity contribution in [3.63, 3.8) is 0 Å². The number of benzene rings is 1. The Labute approximate surface area is 109 Å². The summed E-state index contributed by atoms with van der Waals surface area (Å²) in [5, 5.41) is 0. The van der Waals surface area contributed by atoms with Gasteiger partial charge in [-0.3, -0.25) is 11.3 Å². The topological polar surface area (TPSA) is 38.0 Å². The average Bonchev–Trinajstić information content (AvgIpc) is 2.18. The number of hydrogen-bond donors (Lipinski definition) is 2. The van der Waals surface area contributed by atoms with Gasteiger partial charge in [0.25, 0.3) is 0 Å². The van der Waals surface area contributed by atoms with Crippen molar-refractivity contribution < 1.29 is 4.39 Å². The number of nitrogens with one attached hydrogen (secondary N) is 1. The fraction of sp³-hybridized carbons (Fsp3) is 0.500. The molecule has 1 unspecified atom stereocenters.